The van der Waals surface area contributed by atoms with Crippen molar-refractivity contribution in [3.8, 4) is 0 Å². The molecule has 4 rings (SSSR count). The first kappa shape index (κ1) is 15.3. The van der Waals surface area contributed by atoms with Gasteiger partial charge in [-0.3, -0.25) is 4.68 Å². The normalized spacial score (nSPS) is 12.4. The van der Waals surface area contributed by atoms with Crippen molar-refractivity contribution >= 4 is 16.9 Å². The molecular formula is C17H16FN7. The summed E-state index contributed by atoms with van der Waals surface area (Å²) in [7, 11) is 3.68. The number of hydrogen-bond acceptors (Lipinski definition) is 5. The first-order chi connectivity index (χ1) is 12.1. The number of rotatable bonds is 4. The fraction of sp³-hybridized carbons (Fsp3) is 0.176. The average molecular weight is 337 g/mol. The lowest BCUT2D eigenvalue weighted by atomic mass is 10.1. The monoisotopic (exact) mass is 337 g/mol. The molecule has 0 aliphatic rings. The SMILES string of the molecule is Cn1ccnc1[C@H](Nc1ncnc2c1cnn2C)c1ccccc1F. The molecular weight excluding hydrogens is 321 g/mol. The van der Waals surface area contributed by atoms with Crippen LogP contribution >= 0.6 is 0 Å². The number of anilines is 1. The molecule has 0 spiro atoms. The standard InChI is InChI=1S/C17H16FN7/c1-24-8-7-19-17(24)14(11-5-3-4-6-13(11)18)23-15-12-9-22-25(2)16(12)21-10-20-15/h3-10,14H,1-2H3,(H,20,21,23)/t14-/m1/s1. The van der Waals surface area contributed by atoms with Crippen LogP contribution < -0.4 is 5.32 Å². The Bertz CT molecular complexity index is 1040. The predicted molar refractivity (Wildman–Crippen MR) is 91.4 cm³/mol. The maximum Gasteiger partial charge on any atom is 0.163 e. The second-order valence-electron chi connectivity index (χ2n) is 5.72. The van der Waals surface area contributed by atoms with Crippen molar-refractivity contribution in [1.82, 2.24) is 29.3 Å². The third-order valence-corrected chi connectivity index (χ3v) is 4.14. The Kier molecular flexibility index (Phi) is 3.64. The number of hydrogen-bond donors (Lipinski definition) is 1. The number of nitrogens with zero attached hydrogens (tertiary/aromatic N) is 6. The Morgan fingerprint density at radius 3 is 2.72 bits per heavy atom. The summed E-state index contributed by atoms with van der Waals surface area (Å²) in [5.74, 6) is 0.953. The number of aryl methyl sites for hydroxylation is 2. The molecule has 0 fully saturated rings. The smallest absolute Gasteiger partial charge is 0.163 e. The number of benzene rings is 1. The van der Waals surface area contributed by atoms with Gasteiger partial charge in [-0.15, -0.1) is 0 Å². The third kappa shape index (κ3) is 2.61. The van der Waals surface area contributed by atoms with Crippen molar-refractivity contribution in [3.63, 3.8) is 0 Å². The Morgan fingerprint density at radius 2 is 1.96 bits per heavy atom. The summed E-state index contributed by atoms with van der Waals surface area (Å²) in [5, 5.41) is 8.29. The molecule has 1 N–H and O–H groups in total. The van der Waals surface area contributed by atoms with Crippen LogP contribution in [0.1, 0.15) is 17.4 Å². The number of fused-ring (bicyclic) bond motifs is 1. The van der Waals surface area contributed by atoms with Crippen LogP contribution in [0.15, 0.2) is 49.2 Å². The van der Waals surface area contributed by atoms with Gasteiger partial charge in [-0.05, 0) is 6.07 Å². The zero-order valence-electron chi connectivity index (χ0n) is 13.8. The number of nitrogens with one attached hydrogen (secondary N) is 1. The van der Waals surface area contributed by atoms with E-state index >= 15 is 0 Å². The molecule has 0 unspecified atom stereocenters. The summed E-state index contributed by atoms with van der Waals surface area (Å²) in [5.41, 5.74) is 1.19. The van der Waals surface area contributed by atoms with Crippen LogP contribution in [-0.2, 0) is 14.1 Å². The van der Waals surface area contributed by atoms with Crippen LogP contribution in [0.5, 0.6) is 0 Å². The molecule has 25 heavy (non-hydrogen) atoms. The van der Waals surface area contributed by atoms with E-state index in [2.05, 4.69) is 25.4 Å². The van der Waals surface area contributed by atoms with E-state index in [1.165, 1.54) is 12.4 Å². The van der Waals surface area contributed by atoms with E-state index in [1.807, 2.05) is 24.9 Å². The van der Waals surface area contributed by atoms with E-state index in [1.54, 1.807) is 35.3 Å². The highest BCUT2D eigenvalue weighted by Crippen LogP contribution is 2.29. The second kappa shape index (κ2) is 5.97. The summed E-state index contributed by atoms with van der Waals surface area (Å²) in [6.07, 6.45) is 6.66. The van der Waals surface area contributed by atoms with Crippen LogP contribution in [0.4, 0.5) is 10.2 Å². The summed E-state index contributed by atoms with van der Waals surface area (Å²) < 4.78 is 18.0. The van der Waals surface area contributed by atoms with Gasteiger partial charge in [0.05, 0.1) is 11.6 Å². The van der Waals surface area contributed by atoms with Gasteiger partial charge in [-0.2, -0.15) is 5.10 Å². The topological polar surface area (TPSA) is 73.5 Å². The Labute approximate surface area is 143 Å². The van der Waals surface area contributed by atoms with Gasteiger partial charge in [0, 0.05) is 32.1 Å². The van der Waals surface area contributed by atoms with Gasteiger partial charge in [0.15, 0.2) is 5.65 Å². The number of aromatic nitrogens is 6. The minimum Gasteiger partial charge on any atom is -0.355 e. The van der Waals surface area contributed by atoms with Crippen molar-refractivity contribution in [2.45, 2.75) is 6.04 Å². The minimum absolute atomic E-state index is 0.306. The highest BCUT2D eigenvalue weighted by Gasteiger charge is 2.23. The first-order valence-electron chi connectivity index (χ1n) is 7.76. The molecule has 0 radical (unpaired) electrons. The molecule has 1 aromatic carbocycles. The summed E-state index contributed by atoms with van der Waals surface area (Å²) in [6.45, 7) is 0. The molecule has 0 saturated heterocycles. The molecule has 3 heterocycles. The number of halogens is 1. The zero-order valence-corrected chi connectivity index (χ0v) is 13.8. The fourth-order valence-corrected chi connectivity index (χ4v) is 2.86. The van der Waals surface area contributed by atoms with E-state index in [0.717, 1.165) is 5.39 Å². The largest absolute Gasteiger partial charge is 0.355 e. The van der Waals surface area contributed by atoms with Crippen molar-refractivity contribution < 1.29 is 4.39 Å². The Hall–Kier alpha value is -3.29. The Morgan fingerprint density at radius 1 is 1.12 bits per heavy atom. The van der Waals surface area contributed by atoms with Crippen LogP contribution in [0, 0.1) is 5.82 Å². The van der Waals surface area contributed by atoms with Gasteiger partial charge >= 0.3 is 0 Å². The molecule has 0 bridgehead atoms. The number of imidazole rings is 1. The van der Waals surface area contributed by atoms with Gasteiger partial charge in [0.2, 0.25) is 0 Å². The van der Waals surface area contributed by atoms with E-state index in [-0.39, 0.29) is 5.82 Å². The lowest BCUT2D eigenvalue weighted by Crippen LogP contribution is -2.19. The molecule has 8 heteroatoms. The van der Waals surface area contributed by atoms with Gasteiger partial charge in [-0.25, -0.2) is 19.3 Å². The maximum atomic E-state index is 14.5. The molecule has 126 valence electrons. The van der Waals surface area contributed by atoms with Crippen LogP contribution in [0.25, 0.3) is 11.0 Å². The van der Waals surface area contributed by atoms with Crippen LogP contribution in [0.2, 0.25) is 0 Å². The molecule has 0 saturated carbocycles. The molecule has 1 atom stereocenters. The molecule has 0 aliphatic heterocycles. The van der Waals surface area contributed by atoms with Gasteiger partial charge in [-0.1, -0.05) is 18.2 Å². The minimum atomic E-state index is -0.500. The van der Waals surface area contributed by atoms with Crippen LogP contribution in [0.3, 0.4) is 0 Å². The quantitative estimate of drug-likeness (QED) is 0.619. The van der Waals surface area contributed by atoms with E-state index < -0.39 is 6.04 Å². The third-order valence-electron chi connectivity index (χ3n) is 4.14. The van der Waals surface area contributed by atoms with E-state index in [4.69, 9.17) is 0 Å². The predicted octanol–water partition coefficient (Wildman–Crippen LogP) is 2.44. The summed E-state index contributed by atoms with van der Waals surface area (Å²) >= 11 is 0. The lowest BCUT2D eigenvalue weighted by molar-refractivity contribution is 0.596. The summed E-state index contributed by atoms with van der Waals surface area (Å²) in [4.78, 5) is 12.9. The van der Waals surface area contributed by atoms with Crippen molar-refractivity contribution in [1.29, 1.82) is 0 Å². The first-order valence-corrected chi connectivity index (χ1v) is 7.76. The van der Waals surface area contributed by atoms with E-state index in [9.17, 15) is 4.39 Å². The van der Waals surface area contributed by atoms with Gasteiger partial charge < -0.3 is 9.88 Å². The Balaban J connectivity index is 1.84. The lowest BCUT2D eigenvalue weighted by Gasteiger charge is -2.20. The van der Waals surface area contributed by atoms with Crippen molar-refractivity contribution in [3.05, 3.63) is 66.4 Å². The highest BCUT2D eigenvalue weighted by atomic mass is 19.1. The van der Waals surface area contributed by atoms with Crippen LogP contribution in [-0.4, -0.2) is 29.3 Å². The van der Waals surface area contributed by atoms with Gasteiger partial charge in [0.25, 0.3) is 0 Å². The van der Waals surface area contributed by atoms with Gasteiger partial charge in [0.1, 0.15) is 29.8 Å². The zero-order chi connectivity index (χ0) is 17.4. The molecule has 0 aliphatic carbocycles. The van der Waals surface area contributed by atoms with Crippen molar-refractivity contribution in [2.24, 2.45) is 14.1 Å². The van der Waals surface area contributed by atoms with E-state index in [0.29, 0.717) is 22.9 Å². The fourth-order valence-electron chi connectivity index (χ4n) is 2.86. The molecule has 0 amide bonds. The maximum absolute atomic E-state index is 14.5. The molecule has 7 nitrogen and oxygen atoms in total. The molecule has 4 aromatic rings. The van der Waals surface area contributed by atoms with Crippen molar-refractivity contribution in [2.75, 3.05) is 5.32 Å². The highest BCUT2D eigenvalue weighted by molar-refractivity contribution is 5.86. The average Bonchev–Trinajstić information content (AvgIpc) is 3.20. The summed E-state index contributed by atoms with van der Waals surface area (Å²) in [6, 6.07) is 6.14. The second-order valence-corrected chi connectivity index (χ2v) is 5.72. The molecule has 3 aromatic heterocycles.